The van der Waals surface area contributed by atoms with Crippen LogP contribution in [0.3, 0.4) is 0 Å². The number of nitrogens with one attached hydrogen (secondary N) is 1. The number of benzene rings is 2. The van der Waals surface area contributed by atoms with Crippen LogP contribution in [0.2, 0.25) is 0 Å². The molecule has 0 bridgehead atoms. The molecule has 4 rings (SSSR count). The van der Waals surface area contributed by atoms with Crippen molar-refractivity contribution in [2.75, 3.05) is 5.32 Å². The third-order valence-corrected chi connectivity index (χ3v) is 4.77. The van der Waals surface area contributed by atoms with E-state index in [9.17, 15) is 9.59 Å². The molecule has 0 atom stereocenters. The molecule has 2 aromatic heterocycles. The summed E-state index contributed by atoms with van der Waals surface area (Å²) in [6, 6.07) is 17.0. The lowest BCUT2D eigenvalue weighted by atomic mass is 10.1. The Kier molecular flexibility index (Phi) is 4.72. The maximum absolute atomic E-state index is 13.0. The van der Waals surface area contributed by atoms with Crippen LogP contribution in [0.4, 0.5) is 5.69 Å². The molecule has 0 aliphatic heterocycles. The first-order valence-electron chi connectivity index (χ1n) is 9.33. The van der Waals surface area contributed by atoms with E-state index in [0.717, 1.165) is 28.1 Å². The fraction of sp³-hybridized carbons (Fsp3) is 0.182. The average molecular weight is 387 g/mol. The van der Waals surface area contributed by atoms with Gasteiger partial charge in [-0.05, 0) is 31.9 Å². The van der Waals surface area contributed by atoms with Crippen molar-refractivity contribution in [3.05, 3.63) is 81.9 Å². The fourth-order valence-electron chi connectivity index (χ4n) is 3.36. The first kappa shape index (κ1) is 18.6. The van der Waals surface area contributed by atoms with Gasteiger partial charge in [-0.2, -0.15) is 0 Å². The molecule has 29 heavy (non-hydrogen) atoms. The van der Waals surface area contributed by atoms with E-state index in [1.165, 1.54) is 9.08 Å². The molecule has 0 aliphatic rings. The highest BCUT2D eigenvalue weighted by molar-refractivity contribution is 5.92. The Morgan fingerprint density at radius 2 is 1.69 bits per heavy atom. The molecule has 0 saturated carbocycles. The zero-order valence-corrected chi connectivity index (χ0v) is 16.5. The molecule has 0 spiro atoms. The highest BCUT2D eigenvalue weighted by atomic mass is 16.2. The van der Waals surface area contributed by atoms with Gasteiger partial charge in [0.2, 0.25) is 5.91 Å². The normalized spacial score (nSPS) is 11.0. The van der Waals surface area contributed by atoms with E-state index >= 15 is 0 Å². The van der Waals surface area contributed by atoms with Gasteiger partial charge in [-0.3, -0.25) is 4.79 Å². The summed E-state index contributed by atoms with van der Waals surface area (Å²) in [5, 5.41) is 7.24. The Morgan fingerprint density at radius 1 is 1.00 bits per heavy atom. The summed E-state index contributed by atoms with van der Waals surface area (Å²) in [7, 11) is 0. The van der Waals surface area contributed by atoms with Gasteiger partial charge in [0.1, 0.15) is 12.4 Å². The van der Waals surface area contributed by atoms with Crippen LogP contribution in [-0.2, 0) is 11.3 Å². The second kappa shape index (κ2) is 7.35. The molecule has 7 nitrogen and oxygen atoms in total. The zero-order valence-electron chi connectivity index (χ0n) is 16.5. The first-order chi connectivity index (χ1) is 13.9. The van der Waals surface area contributed by atoms with Gasteiger partial charge in [0, 0.05) is 23.0 Å². The average Bonchev–Trinajstić information content (AvgIpc) is 3.00. The van der Waals surface area contributed by atoms with Gasteiger partial charge < -0.3 is 5.32 Å². The predicted octanol–water partition coefficient (Wildman–Crippen LogP) is 3.12. The van der Waals surface area contributed by atoms with E-state index in [4.69, 9.17) is 0 Å². The molecule has 2 heterocycles. The largest absolute Gasteiger partial charge is 0.352 e. The number of anilines is 1. The number of hydrogen-bond donors (Lipinski definition) is 1. The maximum Gasteiger partial charge on any atom is 0.352 e. The van der Waals surface area contributed by atoms with Crippen molar-refractivity contribution in [2.45, 2.75) is 27.3 Å². The second-order valence-corrected chi connectivity index (χ2v) is 7.04. The standard InChI is InChI=1S/C22H21N5O2/c1-14-8-7-9-15(2)20(14)24-19(28)13-26-22(29)27-18(25-26)12-16(3)23-21(27)17-10-5-4-6-11-17/h4-12H,13H2,1-3H3,(H,24,28). The number of aromatic nitrogens is 4. The van der Waals surface area contributed by atoms with Gasteiger partial charge in [0.25, 0.3) is 0 Å². The predicted molar refractivity (Wildman–Crippen MR) is 112 cm³/mol. The van der Waals surface area contributed by atoms with Crippen LogP contribution in [0.5, 0.6) is 0 Å². The van der Waals surface area contributed by atoms with Gasteiger partial charge in [0.15, 0.2) is 5.65 Å². The number of aryl methyl sites for hydroxylation is 3. The summed E-state index contributed by atoms with van der Waals surface area (Å²) in [6.45, 7) is 5.53. The number of hydrogen-bond acceptors (Lipinski definition) is 4. The monoisotopic (exact) mass is 387 g/mol. The molecule has 0 unspecified atom stereocenters. The molecular weight excluding hydrogens is 366 g/mol. The Bertz CT molecular complexity index is 1250. The van der Waals surface area contributed by atoms with Crippen molar-refractivity contribution in [2.24, 2.45) is 0 Å². The minimum atomic E-state index is -0.400. The number of para-hydroxylation sites is 1. The van der Waals surface area contributed by atoms with E-state index in [0.29, 0.717) is 11.5 Å². The topological polar surface area (TPSA) is 81.3 Å². The van der Waals surface area contributed by atoms with Gasteiger partial charge in [0.05, 0.1) is 0 Å². The first-order valence-corrected chi connectivity index (χ1v) is 9.33. The van der Waals surface area contributed by atoms with E-state index in [2.05, 4.69) is 15.4 Å². The van der Waals surface area contributed by atoms with Gasteiger partial charge in [-0.1, -0.05) is 48.5 Å². The van der Waals surface area contributed by atoms with Crippen molar-refractivity contribution in [3.63, 3.8) is 0 Å². The number of rotatable bonds is 4. The van der Waals surface area contributed by atoms with Gasteiger partial charge >= 0.3 is 5.69 Å². The summed E-state index contributed by atoms with van der Waals surface area (Å²) in [4.78, 5) is 30.1. The number of carbonyl (C=O) groups is 1. The van der Waals surface area contributed by atoms with Gasteiger partial charge in [-0.25, -0.2) is 18.9 Å². The number of nitrogens with zero attached hydrogens (tertiary/aromatic N) is 4. The van der Waals surface area contributed by atoms with Crippen molar-refractivity contribution >= 4 is 17.2 Å². The quantitative estimate of drug-likeness (QED) is 0.583. The van der Waals surface area contributed by atoms with Crippen LogP contribution in [0.15, 0.2) is 59.4 Å². The second-order valence-electron chi connectivity index (χ2n) is 7.04. The Labute approximate surface area is 167 Å². The van der Waals surface area contributed by atoms with Crippen molar-refractivity contribution in [3.8, 4) is 11.4 Å². The maximum atomic E-state index is 13.0. The summed E-state index contributed by atoms with van der Waals surface area (Å²) in [5.41, 5.74) is 4.30. The van der Waals surface area contributed by atoms with E-state index < -0.39 is 5.69 Å². The lowest BCUT2D eigenvalue weighted by Gasteiger charge is -2.11. The van der Waals surface area contributed by atoms with E-state index in [1.807, 2.05) is 69.3 Å². The molecule has 2 aromatic carbocycles. The van der Waals surface area contributed by atoms with Crippen molar-refractivity contribution < 1.29 is 4.79 Å². The summed E-state index contributed by atoms with van der Waals surface area (Å²) in [6.07, 6.45) is 0. The molecular formula is C22H21N5O2. The van der Waals surface area contributed by atoms with Crippen LogP contribution in [-0.4, -0.2) is 25.1 Å². The van der Waals surface area contributed by atoms with Crippen LogP contribution in [0.1, 0.15) is 16.8 Å². The van der Waals surface area contributed by atoms with Crippen LogP contribution in [0, 0.1) is 20.8 Å². The summed E-state index contributed by atoms with van der Waals surface area (Å²) < 4.78 is 2.61. The third kappa shape index (κ3) is 3.54. The van der Waals surface area contributed by atoms with Gasteiger partial charge in [-0.15, -0.1) is 5.10 Å². The third-order valence-electron chi connectivity index (χ3n) is 4.77. The van der Waals surface area contributed by atoms with Crippen LogP contribution in [0.25, 0.3) is 17.0 Å². The van der Waals surface area contributed by atoms with Crippen LogP contribution < -0.4 is 11.0 Å². The number of fused-ring (bicyclic) bond motifs is 1. The molecule has 0 radical (unpaired) electrons. The Hall–Kier alpha value is -3.74. The van der Waals surface area contributed by atoms with E-state index in [-0.39, 0.29) is 12.5 Å². The molecule has 7 heteroatoms. The van der Waals surface area contributed by atoms with Crippen molar-refractivity contribution in [1.82, 2.24) is 19.2 Å². The number of carbonyl (C=O) groups excluding carboxylic acids is 1. The highest BCUT2D eigenvalue weighted by Gasteiger charge is 2.16. The molecule has 0 fully saturated rings. The SMILES string of the molecule is Cc1cc2nn(CC(=O)Nc3c(C)cccc3C)c(=O)n2c(-c2ccccc2)n1. The minimum Gasteiger partial charge on any atom is -0.324 e. The lowest BCUT2D eigenvalue weighted by molar-refractivity contribution is -0.117. The molecule has 0 aliphatic carbocycles. The highest BCUT2D eigenvalue weighted by Crippen LogP contribution is 2.20. The molecule has 0 saturated heterocycles. The van der Waals surface area contributed by atoms with E-state index in [1.54, 1.807) is 6.07 Å². The summed E-state index contributed by atoms with van der Waals surface area (Å²) in [5.74, 6) is 0.200. The minimum absolute atomic E-state index is 0.179. The van der Waals surface area contributed by atoms with Crippen molar-refractivity contribution in [1.29, 1.82) is 0 Å². The zero-order chi connectivity index (χ0) is 20.5. The molecule has 1 amide bonds. The smallest absolute Gasteiger partial charge is 0.324 e. The lowest BCUT2D eigenvalue weighted by Crippen LogP contribution is -2.29. The summed E-state index contributed by atoms with van der Waals surface area (Å²) >= 11 is 0. The fourth-order valence-corrected chi connectivity index (χ4v) is 3.36. The van der Waals surface area contributed by atoms with Crippen LogP contribution >= 0.6 is 0 Å². The Morgan fingerprint density at radius 3 is 2.38 bits per heavy atom. The molecule has 146 valence electrons. The molecule has 1 N–H and O–H groups in total. The molecule has 4 aromatic rings. The Balaban J connectivity index is 1.71. The number of amides is 1.